The number of carbonyl (C=O) groups excluding carboxylic acids is 1. The van der Waals surface area contributed by atoms with E-state index in [1.165, 1.54) is 6.07 Å². The third-order valence-corrected chi connectivity index (χ3v) is 4.96. The van der Waals surface area contributed by atoms with E-state index in [0.29, 0.717) is 18.7 Å². The Morgan fingerprint density at radius 3 is 2.85 bits per heavy atom. The van der Waals surface area contributed by atoms with Gasteiger partial charge in [-0.1, -0.05) is 18.2 Å². The number of furan rings is 1. The smallest absolute Gasteiger partial charge is 0.237 e. The van der Waals surface area contributed by atoms with Crippen LogP contribution in [-0.4, -0.2) is 48.9 Å². The Morgan fingerprint density at radius 1 is 1.35 bits per heavy atom. The summed E-state index contributed by atoms with van der Waals surface area (Å²) in [5, 5.41) is 3.05. The molecular weight excluding hydrogens is 333 g/mol. The summed E-state index contributed by atoms with van der Waals surface area (Å²) in [6, 6.07) is 10.3. The molecule has 140 valence electrons. The number of halogens is 1. The number of nitrogens with one attached hydrogen (secondary N) is 1. The van der Waals surface area contributed by atoms with Crippen LogP contribution in [0.25, 0.3) is 0 Å². The fraction of sp³-hybridized carbons (Fsp3) is 0.450. The van der Waals surface area contributed by atoms with Gasteiger partial charge in [0.05, 0.1) is 18.3 Å². The molecule has 6 heteroatoms. The summed E-state index contributed by atoms with van der Waals surface area (Å²) < 4.78 is 19.4. The minimum Gasteiger partial charge on any atom is -0.468 e. The molecule has 0 radical (unpaired) electrons. The Hall–Kier alpha value is -2.18. The van der Waals surface area contributed by atoms with E-state index < -0.39 is 0 Å². The zero-order valence-corrected chi connectivity index (χ0v) is 15.3. The van der Waals surface area contributed by atoms with Crippen molar-refractivity contribution in [1.29, 1.82) is 0 Å². The molecule has 5 nitrogen and oxygen atoms in total. The second kappa shape index (κ2) is 8.47. The van der Waals surface area contributed by atoms with Crippen LogP contribution in [0.3, 0.4) is 0 Å². The van der Waals surface area contributed by atoms with Gasteiger partial charge in [0.15, 0.2) is 0 Å². The average molecular weight is 359 g/mol. The third-order valence-electron chi connectivity index (χ3n) is 4.96. The van der Waals surface area contributed by atoms with Crippen molar-refractivity contribution in [2.75, 3.05) is 27.2 Å². The normalized spacial score (nSPS) is 19.0. The minimum absolute atomic E-state index is 0.00255. The highest BCUT2D eigenvalue weighted by atomic mass is 19.1. The SMILES string of the molecule is CN(C)C(CNC(=O)C1CCCN1Cc1ccccc1F)c1ccco1. The Balaban J connectivity index is 1.60. The number of nitrogens with zero attached hydrogens (tertiary/aromatic N) is 2. The number of hydrogen-bond acceptors (Lipinski definition) is 4. The van der Waals surface area contributed by atoms with Gasteiger partial charge in [0.2, 0.25) is 5.91 Å². The number of likely N-dealkylation sites (N-methyl/N-ethyl adjacent to an activating group) is 1. The second-order valence-electron chi connectivity index (χ2n) is 6.96. The maximum absolute atomic E-state index is 13.9. The highest BCUT2D eigenvalue weighted by Crippen LogP contribution is 2.22. The van der Waals surface area contributed by atoms with E-state index >= 15 is 0 Å². The molecule has 0 bridgehead atoms. The molecule has 1 aromatic carbocycles. The predicted octanol–water partition coefficient (Wildman–Crippen LogP) is 2.80. The van der Waals surface area contributed by atoms with Crippen LogP contribution in [0, 0.1) is 5.82 Å². The summed E-state index contributed by atoms with van der Waals surface area (Å²) in [4.78, 5) is 16.8. The molecular formula is C20H26FN3O2. The first kappa shape index (κ1) is 18.6. The van der Waals surface area contributed by atoms with Gasteiger partial charge in [-0.05, 0) is 51.7 Å². The van der Waals surface area contributed by atoms with Crippen LogP contribution in [0.2, 0.25) is 0 Å². The first-order chi connectivity index (χ1) is 12.6. The molecule has 2 aromatic rings. The maximum atomic E-state index is 13.9. The topological polar surface area (TPSA) is 48.7 Å². The van der Waals surface area contributed by atoms with Crippen LogP contribution in [-0.2, 0) is 11.3 Å². The van der Waals surface area contributed by atoms with Crippen LogP contribution in [0.15, 0.2) is 47.1 Å². The third kappa shape index (κ3) is 4.31. The molecule has 26 heavy (non-hydrogen) atoms. The average Bonchev–Trinajstić information content (AvgIpc) is 3.28. The number of likely N-dealkylation sites (tertiary alicyclic amines) is 1. The van der Waals surface area contributed by atoms with Crippen LogP contribution in [0.1, 0.15) is 30.2 Å². The standard InChI is InChI=1S/C20H26FN3O2/c1-23(2)18(19-10-6-12-26-19)13-22-20(25)17-9-5-11-24(17)14-15-7-3-4-8-16(15)21/h3-4,6-8,10,12,17-18H,5,9,11,13-14H2,1-2H3,(H,22,25). The largest absolute Gasteiger partial charge is 0.468 e. The van der Waals surface area contributed by atoms with Gasteiger partial charge in [-0.15, -0.1) is 0 Å². The molecule has 2 heterocycles. The summed E-state index contributed by atoms with van der Waals surface area (Å²) in [6.45, 7) is 1.74. The molecule has 2 atom stereocenters. The van der Waals surface area contributed by atoms with Crippen molar-refractivity contribution in [3.8, 4) is 0 Å². The van der Waals surface area contributed by atoms with Gasteiger partial charge in [0.25, 0.3) is 0 Å². The van der Waals surface area contributed by atoms with Crippen LogP contribution < -0.4 is 5.32 Å². The lowest BCUT2D eigenvalue weighted by Gasteiger charge is -2.26. The van der Waals surface area contributed by atoms with Crippen molar-refractivity contribution >= 4 is 5.91 Å². The van der Waals surface area contributed by atoms with Gasteiger partial charge in [-0.3, -0.25) is 14.6 Å². The molecule has 1 amide bonds. The number of hydrogen-bond donors (Lipinski definition) is 1. The molecule has 2 unspecified atom stereocenters. The number of amides is 1. The van der Waals surface area contributed by atoms with E-state index in [0.717, 1.165) is 25.1 Å². The highest BCUT2D eigenvalue weighted by Gasteiger charge is 2.31. The monoisotopic (exact) mass is 359 g/mol. The Morgan fingerprint density at radius 2 is 2.15 bits per heavy atom. The number of benzene rings is 1. The van der Waals surface area contributed by atoms with Gasteiger partial charge in [-0.25, -0.2) is 4.39 Å². The summed E-state index contributed by atoms with van der Waals surface area (Å²) in [5.74, 6) is 0.603. The summed E-state index contributed by atoms with van der Waals surface area (Å²) in [7, 11) is 3.92. The van der Waals surface area contributed by atoms with Crippen molar-refractivity contribution in [1.82, 2.24) is 15.1 Å². The molecule has 1 aromatic heterocycles. The molecule has 1 fully saturated rings. The van der Waals surface area contributed by atoms with E-state index in [-0.39, 0.29) is 23.8 Å². The van der Waals surface area contributed by atoms with E-state index in [1.54, 1.807) is 18.4 Å². The van der Waals surface area contributed by atoms with E-state index in [1.807, 2.05) is 37.2 Å². The van der Waals surface area contributed by atoms with E-state index in [2.05, 4.69) is 10.2 Å². The predicted molar refractivity (Wildman–Crippen MR) is 98.0 cm³/mol. The van der Waals surface area contributed by atoms with Crippen molar-refractivity contribution in [2.45, 2.75) is 31.5 Å². The zero-order valence-electron chi connectivity index (χ0n) is 15.3. The minimum atomic E-state index is -0.218. The molecule has 0 aliphatic carbocycles. The van der Waals surface area contributed by atoms with Gasteiger partial charge >= 0.3 is 0 Å². The van der Waals surface area contributed by atoms with Crippen molar-refractivity contribution in [3.63, 3.8) is 0 Å². The summed E-state index contributed by atoms with van der Waals surface area (Å²) in [5.41, 5.74) is 0.633. The summed E-state index contributed by atoms with van der Waals surface area (Å²) >= 11 is 0. The van der Waals surface area contributed by atoms with Crippen molar-refractivity contribution < 1.29 is 13.6 Å². The van der Waals surface area contributed by atoms with Gasteiger partial charge in [0.1, 0.15) is 11.6 Å². The molecule has 1 aliphatic heterocycles. The maximum Gasteiger partial charge on any atom is 0.237 e. The Bertz CT molecular complexity index is 718. The highest BCUT2D eigenvalue weighted by molar-refractivity contribution is 5.82. The van der Waals surface area contributed by atoms with E-state index in [9.17, 15) is 9.18 Å². The van der Waals surface area contributed by atoms with Crippen molar-refractivity contribution in [3.05, 3.63) is 59.8 Å². The van der Waals surface area contributed by atoms with Crippen LogP contribution in [0.5, 0.6) is 0 Å². The molecule has 1 N–H and O–H groups in total. The molecule has 0 saturated carbocycles. The van der Waals surface area contributed by atoms with Gasteiger partial charge in [-0.2, -0.15) is 0 Å². The lowest BCUT2D eigenvalue weighted by Crippen LogP contribution is -2.45. The fourth-order valence-corrected chi connectivity index (χ4v) is 3.49. The number of rotatable bonds is 7. The quantitative estimate of drug-likeness (QED) is 0.826. The Kier molecular flexibility index (Phi) is 6.06. The van der Waals surface area contributed by atoms with Crippen molar-refractivity contribution in [2.24, 2.45) is 0 Å². The Labute approximate surface area is 153 Å². The lowest BCUT2D eigenvalue weighted by atomic mass is 10.1. The molecule has 1 saturated heterocycles. The van der Waals surface area contributed by atoms with Gasteiger partial charge in [0, 0.05) is 18.7 Å². The fourth-order valence-electron chi connectivity index (χ4n) is 3.49. The first-order valence-electron chi connectivity index (χ1n) is 9.01. The van der Waals surface area contributed by atoms with Crippen LogP contribution >= 0.6 is 0 Å². The summed E-state index contributed by atoms with van der Waals surface area (Å²) in [6.07, 6.45) is 3.39. The van der Waals surface area contributed by atoms with Gasteiger partial charge < -0.3 is 9.73 Å². The first-order valence-corrected chi connectivity index (χ1v) is 9.01. The molecule has 1 aliphatic rings. The number of carbonyl (C=O) groups is 1. The van der Waals surface area contributed by atoms with E-state index in [4.69, 9.17) is 4.42 Å². The molecule has 0 spiro atoms. The zero-order chi connectivity index (χ0) is 18.5. The van der Waals surface area contributed by atoms with Crippen LogP contribution in [0.4, 0.5) is 4.39 Å². The second-order valence-corrected chi connectivity index (χ2v) is 6.96. The lowest BCUT2D eigenvalue weighted by molar-refractivity contribution is -0.125. The molecule has 3 rings (SSSR count).